The highest BCUT2D eigenvalue weighted by atomic mass is 16.5. The Hall–Kier alpha value is -1.64. The van der Waals surface area contributed by atoms with E-state index in [0.29, 0.717) is 18.3 Å². The summed E-state index contributed by atoms with van der Waals surface area (Å²) in [5, 5.41) is 0. The molecule has 0 spiro atoms. The summed E-state index contributed by atoms with van der Waals surface area (Å²) in [6.07, 6.45) is 3.61. The van der Waals surface area contributed by atoms with Crippen molar-refractivity contribution in [2.75, 3.05) is 7.11 Å². The lowest BCUT2D eigenvalue weighted by Crippen LogP contribution is -2.36. The summed E-state index contributed by atoms with van der Waals surface area (Å²) in [6, 6.07) is 4.27. The van der Waals surface area contributed by atoms with Crippen molar-refractivity contribution in [2.45, 2.75) is 46.5 Å². The van der Waals surface area contributed by atoms with Gasteiger partial charge in [0.1, 0.15) is 5.78 Å². The number of ketones is 1. The molecular weight excluding hydrogens is 288 g/mol. The number of carbonyl (C=O) groups is 2. The van der Waals surface area contributed by atoms with E-state index in [4.69, 9.17) is 4.74 Å². The molecule has 23 heavy (non-hydrogen) atoms. The van der Waals surface area contributed by atoms with Gasteiger partial charge in [-0.2, -0.15) is 0 Å². The molecule has 124 valence electrons. The van der Waals surface area contributed by atoms with Gasteiger partial charge in [0.25, 0.3) is 0 Å². The van der Waals surface area contributed by atoms with Crippen molar-refractivity contribution in [3.05, 3.63) is 34.4 Å². The molecule has 3 heteroatoms. The van der Waals surface area contributed by atoms with Gasteiger partial charge in [-0.05, 0) is 68.6 Å². The number of Topliss-reactive ketones (excluding diaryl/α,β-unsaturated/α-hetero) is 1. The molecule has 0 saturated heterocycles. The van der Waals surface area contributed by atoms with Gasteiger partial charge in [-0.3, -0.25) is 9.59 Å². The first-order valence-electron chi connectivity index (χ1n) is 8.59. The fourth-order valence-corrected chi connectivity index (χ4v) is 5.01. The average Bonchev–Trinajstić information content (AvgIpc) is 3.10. The molecule has 2 aliphatic carbocycles. The van der Waals surface area contributed by atoms with Crippen molar-refractivity contribution in [3.63, 3.8) is 0 Å². The third-order valence-corrected chi connectivity index (χ3v) is 5.95. The second-order valence-electron chi connectivity index (χ2n) is 7.43. The van der Waals surface area contributed by atoms with E-state index in [-0.39, 0.29) is 23.6 Å². The zero-order valence-electron chi connectivity index (χ0n) is 14.5. The predicted octanol–water partition coefficient (Wildman–Crippen LogP) is 3.56. The lowest BCUT2D eigenvalue weighted by molar-refractivity contribution is -0.152. The Labute approximate surface area is 138 Å². The van der Waals surface area contributed by atoms with Crippen LogP contribution in [0.4, 0.5) is 0 Å². The summed E-state index contributed by atoms with van der Waals surface area (Å²) in [6.45, 7) is 6.22. The molecule has 2 bridgehead atoms. The van der Waals surface area contributed by atoms with E-state index in [9.17, 15) is 9.59 Å². The van der Waals surface area contributed by atoms with Gasteiger partial charge in [0.15, 0.2) is 0 Å². The Morgan fingerprint density at radius 3 is 2.17 bits per heavy atom. The number of esters is 1. The quantitative estimate of drug-likeness (QED) is 0.798. The van der Waals surface area contributed by atoms with Crippen molar-refractivity contribution in [1.29, 1.82) is 0 Å². The molecule has 1 aromatic rings. The van der Waals surface area contributed by atoms with Crippen LogP contribution in [0.2, 0.25) is 0 Å². The van der Waals surface area contributed by atoms with Gasteiger partial charge in [0, 0.05) is 12.3 Å². The topological polar surface area (TPSA) is 43.4 Å². The van der Waals surface area contributed by atoms with E-state index in [1.807, 2.05) is 0 Å². The summed E-state index contributed by atoms with van der Waals surface area (Å²) in [5.41, 5.74) is 4.71. The van der Waals surface area contributed by atoms with Crippen molar-refractivity contribution < 1.29 is 14.3 Å². The van der Waals surface area contributed by atoms with Gasteiger partial charge in [-0.15, -0.1) is 0 Å². The van der Waals surface area contributed by atoms with Gasteiger partial charge >= 0.3 is 5.97 Å². The van der Waals surface area contributed by atoms with E-state index in [0.717, 1.165) is 24.8 Å². The minimum absolute atomic E-state index is 0.138. The summed E-state index contributed by atoms with van der Waals surface area (Å²) in [5.74, 6) is 0.415. The molecule has 0 N–H and O–H groups in total. The number of hydrogen-bond acceptors (Lipinski definition) is 3. The van der Waals surface area contributed by atoms with E-state index in [1.165, 1.54) is 23.8 Å². The number of hydrogen-bond donors (Lipinski definition) is 0. The molecule has 4 unspecified atom stereocenters. The van der Waals surface area contributed by atoms with Crippen LogP contribution in [-0.2, 0) is 20.7 Å². The fraction of sp³-hybridized carbons (Fsp3) is 0.600. The standard InChI is InChI=1S/C20H26O3/c1-11-7-12(2)16(13(3)8-11)10-17(21)18-14-5-6-15(9-14)19(18)20(22)23-4/h7-8,14-15,18-19H,5-6,9-10H2,1-4H3. The smallest absolute Gasteiger partial charge is 0.309 e. The first-order chi connectivity index (χ1) is 10.9. The summed E-state index contributed by atoms with van der Waals surface area (Å²) in [7, 11) is 1.43. The number of benzene rings is 1. The Balaban J connectivity index is 1.84. The van der Waals surface area contributed by atoms with Crippen molar-refractivity contribution in [2.24, 2.45) is 23.7 Å². The van der Waals surface area contributed by atoms with E-state index in [2.05, 4.69) is 32.9 Å². The monoisotopic (exact) mass is 314 g/mol. The lowest BCUT2D eigenvalue weighted by atomic mass is 9.75. The van der Waals surface area contributed by atoms with Crippen LogP contribution >= 0.6 is 0 Å². The molecular formula is C20H26O3. The van der Waals surface area contributed by atoms with Crippen molar-refractivity contribution >= 4 is 11.8 Å². The summed E-state index contributed by atoms with van der Waals surface area (Å²) < 4.78 is 4.99. The van der Waals surface area contributed by atoms with Gasteiger partial charge in [0.05, 0.1) is 13.0 Å². The van der Waals surface area contributed by atoms with E-state index < -0.39 is 0 Å². The first-order valence-corrected chi connectivity index (χ1v) is 8.59. The highest BCUT2D eigenvalue weighted by molar-refractivity contribution is 5.90. The van der Waals surface area contributed by atoms with Gasteiger partial charge < -0.3 is 4.74 Å². The van der Waals surface area contributed by atoms with E-state index >= 15 is 0 Å². The number of methoxy groups -OCH3 is 1. The second kappa shape index (κ2) is 6.10. The third kappa shape index (κ3) is 2.82. The number of rotatable bonds is 4. The zero-order chi connectivity index (χ0) is 16.7. The Morgan fingerprint density at radius 1 is 1.04 bits per heavy atom. The minimum Gasteiger partial charge on any atom is -0.469 e. The lowest BCUT2D eigenvalue weighted by Gasteiger charge is -2.28. The van der Waals surface area contributed by atoms with Crippen molar-refractivity contribution in [1.82, 2.24) is 0 Å². The molecule has 0 amide bonds. The maximum atomic E-state index is 13.0. The SMILES string of the molecule is COC(=O)C1C2CCC(C2)C1C(=O)Cc1c(C)cc(C)cc1C. The Morgan fingerprint density at radius 2 is 1.61 bits per heavy atom. The van der Waals surface area contributed by atoms with E-state index in [1.54, 1.807) is 0 Å². The molecule has 2 aliphatic rings. The average molecular weight is 314 g/mol. The molecule has 0 radical (unpaired) electrons. The van der Waals surface area contributed by atoms with Crippen LogP contribution in [0.25, 0.3) is 0 Å². The van der Waals surface area contributed by atoms with Crippen LogP contribution in [-0.4, -0.2) is 18.9 Å². The van der Waals surface area contributed by atoms with Crippen LogP contribution in [0.3, 0.4) is 0 Å². The molecule has 4 atom stereocenters. The number of fused-ring (bicyclic) bond motifs is 2. The van der Waals surface area contributed by atoms with Gasteiger partial charge in [-0.1, -0.05) is 17.7 Å². The molecule has 0 aliphatic heterocycles. The molecule has 3 nitrogen and oxygen atoms in total. The molecule has 0 aromatic heterocycles. The number of carbonyl (C=O) groups excluding carboxylic acids is 2. The summed E-state index contributed by atoms with van der Waals surface area (Å²) >= 11 is 0. The molecule has 1 aromatic carbocycles. The fourth-order valence-electron chi connectivity index (χ4n) is 5.01. The highest BCUT2D eigenvalue weighted by Gasteiger charge is 2.53. The summed E-state index contributed by atoms with van der Waals surface area (Å²) in [4.78, 5) is 25.2. The Kier molecular flexibility index (Phi) is 4.31. The number of aryl methyl sites for hydroxylation is 3. The van der Waals surface area contributed by atoms with Crippen LogP contribution in [0.1, 0.15) is 41.5 Å². The Bertz CT molecular complexity index is 623. The second-order valence-corrected chi connectivity index (χ2v) is 7.43. The van der Waals surface area contributed by atoms with Crippen molar-refractivity contribution in [3.8, 4) is 0 Å². The van der Waals surface area contributed by atoms with Gasteiger partial charge in [-0.25, -0.2) is 0 Å². The third-order valence-electron chi connectivity index (χ3n) is 5.95. The zero-order valence-corrected chi connectivity index (χ0v) is 14.5. The first kappa shape index (κ1) is 16.2. The highest BCUT2D eigenvalue weighted by Crippen LogP contribution is 2.53. The molecule has 0 heterocycles. The van der Waals surface area contributed by atoms with Crippen LogP contribution in [0.5, 0.6) is 0 Å². The normalized spacial score (nSPS) is 28.9. The minimum atomic E-state index is -0.211. The van der Waals surface area contributed by atoms with Crippen LogP contribution in [0.15, 0.2) is 12.1 Å². The molecule has 2 fully saturated rings. The molecule has 3 rings (SSSR count). The maximum Gasteiger partial charge on any atom is 0.309 e. The molecule has 2 saturated carbocycles. The van der Waals surface area contributed by atoms with Gasteiger partial charge in [0.2, 0.25) is 0 Å². The maximum absolute atomic E-state index is 13.0. The largest absolute Gasteiger partial charge is 0.469 e. The van der Waals surface area contributed by atoms with Crippen LogP contribution in [0, 0.1) is 44.4 Å². The van der Waals surface area contributed by atoms with Crippen LogP contribution < -0.4 is 0 Å². The number of ether oxygens (including phenoxy) is 1. The predicted molar refractivity (Wildman–Crippen MR) is 89.2 cm³/mol.